The lowest BCUT2D eigenvalue weighted by molar-refractivity contribution is 0.499. The molecule has 12 heavy (non-hydrogen) atoms. The molecule has 0 N–H and O–H groups in total. The summed E-state index contributed by atoms with van der Waals surface area (Å²) < 4.78 is 0. The molecular formula is C10H16N2. The van der Waals surface area contributed by atoms with E-state index in [-0.39, 0.29) is 0 Å². The van der Waals surface area contributed by atoms with Crippen molar-refractivity contribution in [2.75, 3.05) is 13.6 Å². The molecule has 2 heteroatoms. The number of hydrogen-bond acceptors (Lipinski definition) is 2. The molecule has 0 radical (unpaired) electrons. The number of allylic oxidation sites excluding steroid dienone is 1. The highest BCUT2D eigenvalue weighted by atomic mass is 15.1. The van der Waals surface area contributed by atoms with E-state index >= 15 is 0 Å². The molecule has 0 aromatic heterocycles. The number of nitrogens with zero attached hydrogens (tertiary/aromatic N) is 2. The lowest BCUT2D eigenvalue weighted by atomic mass is 10.1. The fourth-order valence-corrected chi connectivity index (χ4v) is 1.15. The minimum absolute atomic E-state index is 0.489. The van der Waals surface area contributed by atoms with Crippen LogP contribution in [0.25, 0.3) is 0 Å². The molecule has 66 valence electrons. The van der Waals surface area contributed by atoms with Crippen molar-refractivity contribution in [3.05, 3.63) is 24.6 Å². The van der Waals surface area contributed by atoms with Gasteiger partial charge in [0, 0.05) is 13.2 Å². The van der Waals surface area contributed by atoms with Crippen molar-refractivity contribution >= 4 is 5.71 Å². The van der Waals surface area contributed by atoms with Gasteiger partial charge in [-0.25, -0.2) is 0 Å². The smallest absolute Gasteiger partial charge is 0.0594 e. The van der Waals surface area contributed by atoms with E-state index in [1.807, 2.05) is 6.08 Å². The van der Waals surface area contributed by atoms with Crippen molar-refractivity contribution < 1.29 is 0 Å². The van der Waals surface area contributed by atoms with E-state index in [1.54, 1.807) is 0 Å². The van der Waals surface area contributed by atoms with Gasteiger partial charge in [0.25, 0.3) is 0 Å². The van der Waals surface area contributed by atoms with E-state index in [4.69, 9.17) is 0 Å². The largest absolute Gasteiger partial charge is 0.373 e. The molecule has 0 aromatic carbocycles. The van der Waals surface area contributed by atoms with Gasteiger partial charge < -0.3 is 4.90 Å². The van der Waals surface area contributed by atoms with Crippen LogP contribution in [0.1, 0.15) is 13.8 Å². The van der Waals surface area contributed by atoms with Crippen molar-refractivity contribution in [1.29, 1.82) is 0 Å². The summed E-state index contributed by atoms with van der Waals surface area (Å²) in [5.74, 6) is 0.489. The fraction of sp³-hybridized carbons (Fsp3) is 0.500. The highest BCUT2D eigenvalue weighted by Crippen LogP contribution is 2.15. The van der Waals surface area contributed by atoms with Crippen molar-refractivity contribution in [1.82, 2.24) is 4.90 Å². The molecule has 0 spiro atoms. The zero-order valence-electron chi connectivity index (χ0n) is 8.04. The summed E-state index contributed by atoms with van der Waals surface area (Å²) in [6.45, 7) is 8.90. The van der Waals surface area contributed by atoms with Gasteiger partial charge in [-0.15, -0.1) is 0 Å². The van der Waals surface area contributed by atoms with Gasteiger partial charge in [-0.3, -0.25) is 4.99 Å². The molecule has 0 fully saturated rings. The lowest BCUT2D eigenvalue weighted by Crippen LogP contribution is -2.24. The van der Waals surface area contributed by atoms with E-state index in [9.17, 15) is 0 Å². The summed E-state index contributed by atoms with van der Waals surface area (Å²) >= 11 is 0. The number of rotatable bonds is 2. The first kappa shape index (κ1) is 9.04. The third-order valence-corrected chi connectivity index (χ3v) is 1.86. The lowest BCUT2D eigenvalue weighted by Gasteiger charge is -2.22. The molecule has 0 bridgehead atoms. The van der Waals surface area contributed by atoms with Crippen LogP contribution < -0.4 is 0 Å². The minimum atomic E-state index is 0.489. The Morgan fingerprint density at radius 1 is 1.67 bits per heavy atom. The van der Waals surface area contributed by atoms with Gasteiger partial charge in [0.05, 0.1) is 18.0 Å². The maximum absolute atomic E-state index is 4.47. The molecule has 0 aromatic rings. The van der Waals surface area contributed by atoms with Crippen molar-refractivity contribution in [2.45, 2.75) is 13.8 Å². The van der Waals surface area contributed by atoms with Gasteiger partial charge in [-0.05, 0) is 12.0 Å². The summed E-state index contributed by atoms with van der Waals surface area (Å²) in [5, 5.41) is 0. The third kappa shape index (κ3) is 1.97. The quantitative estimate of drug-likeness (QED) is 0.610. The van der Waals surface area contributed by atoms with Crippen LogP contribution in [-0.2, 0) is 0 Å². The van der Waals surface area contributed by atoms with Crippen LogP contribution in [0, 0.1) is 5.92 Å². The standard InChI is InChI=1S/C10H16N2/c1-5-9-6-12(4)7-10(11-9)8(2)3/h5,7-8H,1,6H2,2-4H3. The Hall–Kier alpha value is -1.05. The molecule has 0 amide bonds. The van der Waals surface area contributed by atoms with E-state index in [1.165, 1.54) is 0 Å². The first-order chi connectivity index (χ1) is 5.63. The second kappa shape index (κ2) is 3.57. The Labute approximate surface area is 74.3 Å². The van der Waals surface area contributed by atoms with Crippen LogP contribution in [0.2, 0.25) is 0 Å². The Kier molecular flexibility index (Phi) is 2.69. The maximum atomic E-state index is 4.47. The van der Waals surface area contributed by atoms with Crippen molar-refractivity contribution in [3.63, 3.8) is 0 Å². The fourth-order valence-electron chi connectivity index (χ4n) is 1.15. The SMILES string of the molecule is C=CC1=NC(C(C)C)=CN(C)C1. The molecule has 0 atom stereocenters. The Morgan fingerprint density at radius 2 is 2.33 bits per heavy atom. The molecule has 0 unspecified atom stereocenters. The average Bonchev–Trinajstić information content (AvgIpc) is 2.03. The number of aliphatic imine (C=N–C) groups is 1. The van der Waals surface area contributed by atoms with E-state index in [0.717, 1.165) is 18.0 Å². The van der Waals surface area contributed by atoms with Gasteiger partial charge in [0.2, 0.25) is 0 Å². The number of hydrogen-bond donors (Lipinski definition) is 0. The average molecular weight is 164 g/mol. The first-order valence-corrected chi connectivity index (χ1v) is 4.25. The highest BCUT2D eigenvalue weighted by molar-refractivity contribution is 5.97. The maximum Gasteiger partial charge on any atom is 0.0594 e. The molecule has 1 aliphatic heterocycles. The van der Waals surface area contributed by atoms with Crippen LogP contribution in [0.4, 0.5) is 0 Å². The van der Waals surface area contributed by atoms with Crippen LogP contribution in [0.3, 0.4) is 0 Å². The van der Waals surface area contributed by atoms with Crippen LogP contribution in [0.15, 0.2) is 29.5 Å². The Bertz CT molecular complexity index is 236. The zero-order chi connectivity index (χ0) is 9.14. The van der Waals surface area contributed by atoms with E-state index < -0.39 is 0 Å². The summed E-state index contributed by atoms with van der Waals surface area (Å²) in [5.41, 5.74) is 2.20. The molecule has 1 heterocycles. The van der Waals surface area contributed by atoms with Gasteiger partial charge in [0.15, 0.2) is 0 Å². The summed E-state index contributed by atoms with van der Waals surface area (Å²) in [7, 11) is 2.06. The monoisotopic (exact) mass is 164 g/mol. The highest BCUT2D eigenvalue weighted by Gasteiger charge is 2.10. The second-order valence-electron chi connectivity index (χ2n) is 3.43. The molecular weight excluding hydrogens is 148 g/mol. The third-order valence-electron chi connectivity index (χ3n) is 1.86. The minimum Gasteiger partial charge on any atom is -0.373 e. The molecule has 1 rings (SSSR count). The predicted octanol–water partition coefficient (Wildman–Crippen LogP) is 2.06. The van der Waals surface area contributed by atoms with Gasteiger partial charge in [-0.1, -0.05) is 20.4 Å². The second-order valence-corrected chi connectivity index (χ2v) is 3.43. The van der Waals surface area contributed by atoms with Crippen LogP contribution in [0.5, 0.6) is 0 Å². The summed E-state index contributed by atoms with van der Waals surface area (Å²) in [6.07, 6.45) is 3.92. The summed E-state index contributed by atoms with van der Waals surface area (Å²) in [6, 6.07) is 0. The molecule has 0 saturated heterocycles. The topological polar surface area (TPSA) is 15.6 Å². The van der Waals surface area contributed by atoms with Crippen molar-refractivity contribution in [3.8, 4) is 0 Å². The Balaban J connectivity index is 2.85. The zero-order valence-corrected chi connectivity index (χ0v) is 8.04. The molecule has 1 aliphatic rings. The van der Waals surface area contributed by atoms with Gasteiger partial charge >= 0.3 is 0 Å². The summed E-state index contributed by atoms with van der Waals surface area (Å²) in [4.78, 5) is 6.61. The normalized spacial score (nSPS) is 17.5. The van der Waals surface area contributed by atoms with Gasteiger partial charge in [-0.2, -0.15) is 0 Å². The van der Waals surface area contributed by atoms with Crippen LogP contribution >= 0.6 is 0 Å². The molecule has 0 aliphatic carbocycles. The van der Waals surface area contributed by atoms with E-state index in [2.05, 4.69) is 43.6 Å². The Morgan fingerprint density at radius 3 is 2.83 bits per heavy atom. The van der Waals surface area contributed by atoms with Gasteiger partial charge in [0.1, 0.15) is 0 Å². The predicted molar refractivity (Wildman–Crippen MR) is 53.2 cm³/mol. The van der Waals surface area contributed by atoms with Crippen molar-refractivity contribution in [2.24, 2.45) is 10.9 Å². The van der Waals surface area contributed by atoms with E-state index in [0.29, 0.717) is 5.92 Å². The molecule has 2 nitrogen and oxygen atoms in total. The first-order valence-electron chi connectivity index (χ1n) is 4.25. The molecule has 0 saturated carbocycles. The van der Waals surface area contributed by atoms with Crippen LogP contribution in [-0.4, -0.2) is 24.2 Å².